The van der Waals surface area contributed by atoms with Crippen LogP contribution >= 0.6 is 0 Å². The van der Waals surface area contributed by atoms with E-state index in [9.17, 15) is 39.3 Å². The Hall–Kier alpha value is -5.95. The standard InChI is InChI=1S/C47H57N5O14/c1-10-24(2)41(58)49-35(27-15-12-11-13-16-27)37(56)43(60)63-30-21-47(61)40(65-42(59)28-17-14-18-29(19-28)50-51-48)38-45(7,39(57)36(55)34(25(30)3)44(47,5)6)31(64-33(54)22-52(8)9)20-32-46(38,23-62-32)66-26(4)53/h10-19,30-32,35-38,40,55-56,61H,20-23H2,1-9H3,(H,49,58)/b24-10+/t30-,31-,32+,35-,36+,37+,38-,40-,45+,46-,47+/m0/s1. The first-order chi connectivity index (χ1) is 31.0. The van der Waals surface area contributed by atoms with Crippen LogP contribution in [-0.2, 0) is 47.7 Å². The number of amides is 1. The number of benzene rings is 2. The molecule has 2 bridgehead atoms. The highest BCUT2D eigenvalue weighted by molar-refractivity contribution is 5.95. The molecule has 3 fully saturated rings. The summed E-state index contributed by atoms with van der Waals surface area (Å²) >= 11 is 0. The topological polar surface area (TPSA) is 273 Å². The fourth-order valence-electron chi connectivity index (χ4n) is 10.3. The van der Waals surface area contributed by atoms with Gasteiger partial charge >= 0.3 is 23.9 Å². The molecule has 0 aromatic heterocycles. The number of Topliss-reactive ketones (excluding diaryl/α,β-unsaturated/α-hetero) is 1. The van der Waals surface area contributed by atoms with Crippen LogP contribution in [0.15, 0.2) is 82.5 Å². The van der Waals surface area contributed by atoms with Crippen LogP contribution in [-0.4, -0.2) is 131 Å². The molecule has 2 aromatic rings. The van der Waals surface area contributed by atoms with E-state index in [1.807, 2.05) is 0 Å². The summed E-state index contributed by atoms with van der Waals surface area (Å²) in [6.07, 6.45) is -9.42. The number of aliphatic hydroxyl groups is 3. The zero-order chi connectivity index (χ0) is 48.7. The molecule has 2 aromatic carbocycles. The summed E-state index contributed by atoms with van der Waals surface area (Å²) in [6, 6.07) is 12.3. The summed E-state index contributed by atoms with van der Waals surface area (Å²) in [5, 5.41) is 44.3. The number of ketones is 1. The fourth-order valence-corrected chi connectivity index (χ4v) is 10.3. The van der Waals surface area contributed by atoms with Crippen LogP contribution in [0.1, 0.15) is 83.3 Å². The van der Waals surface area contributed by atoms with Crippen LogP contribution in [0.3, 0.4) is 0 Å². The van der Waals surface area contributed by atoms with Crippen molar-refractivity contribution in [1.82, 2.24) is 10.2 Å². The number of carbonyl (C=O) groups is 6. The Bertz CT molecular complexity index is 2400. The normalized spacial score (nSPS) is 30.9. The van der Waals surface area contributed by atoms with Crippen molar-refractivity contribution in [3.63, 3.8) is 0 Å². The third-order valence-corrected chi connectivity index (χ3v) is 13.9. The number of hydrogen-bond acceptors (Lipinski definition) is 16. The molecule has 1 saturated heterocycles. The molecule has 11 atom stereocenters. The van der Waals surface area contributed by atoms with Gasteiger partial charge in [-0.3, -0.25) is 24.1 Å². The van der Waals surface area contributed by atoms with Crippen molar-refractivity contribution in [2.75, 3.05) is 27.2 Å². The van der Waals surface area contributed by atoms with Crippen LogP contribution in [0.4, 0.5) is 5.69 Å². The van der Waals surface area contributed by atoms with Gasteiger partial charge in [0.25, 0.3) is 0 Å². The molecule has 354 valence electrons. The smallest absolute Gasteiger partial charge is 0.338 e. The molecule has 6 rings (SSSR count). The maximum atomic E-state index is 15.6. The first-order valence-corrected chi connectivity index (χ1v) is 21.5. The molecule has 0 spiro atoms. The van der Waals surface area contributed by atoms with Crippen LogP contribution in [0, 0.1) is 16.7 Å². The van der Waals surface area contributed by atoms with Crippen LogP contribution in [0.25, 0.3) is 10.4 Å². The predicted molar refractivity (Wildman–Crippen MR) is 233 cm³/mol. The Morgan fingerprint density at radius 1 is 1.05 bits per heavy atom. The molecule has 2 saturated carbocycles. The van der Waals surface area contributed by atoms with Crippen LogP contribution in [0.5, 0.6) is 0 Å². The Morgan fingerprint density at radius 3 is 2.32 bits per heavy atom. The fraction of sp³-hybridized carbons (Fsp3) is 0.532. The second-order valence-corrected chi connectivity index (χ2v) is 18.4. The molecule has 0 radical (unpaired) electrons. The minimum atomic E-state index is -2.48. The van der Waals surface area contributed by atoms with Crippen molar-refractivity contribution >= 4 is 41.3 Å². The molecule has 1 amide bonds. The average molecular weight is 916 g/mol. The molecule has 1 heterocycles. The Morgan fingerprint density at radius 2 is 1.73 bits per heavy atom. The van der Waals surface area contributed by atoms with Crippen molar-refractivity contribution in [3.05, 3.63) is 99.0 Å². The SMILES string of the molecule is C/C=C(\C)C(=O)N[C@@H](c1ccccc1)[C@@H](O)C(=O)O[C@H]1C[C@@]2(O)[C@@H](OC(=O)c3cccc(N=[N+]=[N-])c3)[C@@H]3[C@]4(OC(C)=O)CO[C@@H]4C[C@H](OC(=O)CN(C)C)[C@@]3(C)C(=O)[C@H](O)C(=C1C)C2(C)C. The maximum absolute atomic E-state index is 15.6. The third kappa shape index (κ3) is 8.62. The van der Waals surface area contributed by atoms with Crippen molar-refractivity contribution in [2.45, 2.75) is 115 Å². The molecule has 1 aliphatic heterocycles. The van der Waals surface area contributed by atoms with Gasteiger partial charge < -0.3 is 44.3 Å². The number of rotatable bonds is 13. The lowest BCUT2D eigenvalue weighted by atomic mass is 9.44. The van der Waals surface area contributed by atoms with E-state index in [2.05, 4.69) is 15.3 Å². The van der Waals surface area contributed by atoms with Crippen molar-refractivity contribution < 1.29 is 67.8 Å². The Balaban J connectivity index is 1.56. The average Bonchev–Trinajstić information content (AvgIpc) is 3.25. The molecular formula is C47H57N5O14. The Kier molecular flexibility index (Phi) is 14.0. The lowest BCUT2D eigenvalue weighted by Crippen LogP contribution is -2.82. The quantitative estimate of drug-likeness (QED) is 0.0422. The van der Waals surface area contributed by atoms with Crippen molar-refractivity contribution in [2.24, 2.45) is 21.9 Å². The van der Waals surface area contributed by atoms with Crippen molar-refractivity contribution in [1.29, 1.82) is 0 Å². The number of nitrogens with zero attached hydrogens (tertiary/aromatic N) is 4. The number of hydrogen-bond donors (Lipinski definition) is 4. The highest BCUT2D eigenvalue weighted by Crippen LogP contribution is 2.64. The number of allylic oxidation sites excluding steroid dienone is 1. The second kappa shape index (κ2) is 18.7. The molecule has 0 unspecified atom stereocenters. The number of azide groups is 1. The first-order valence-electron chi connectivity index (χ1n) is 21.5. The highest BCUT2D eigenvalue weighted by Gasteiger charge is 2.78. The number of fused-ring (bicyclic) bond motifs is 5. The van der Waals surface area contributed by atoms with Crippen molar-refractivity contribution in [3.8, 4) is 0 Å². The number of carbonyl (C=O) groups excluding carboxylic acids is 6. The van der Waals surface area contributed by atoms with Gasteiger partial charge in [-0.15, -0.1) is 0 Å². The minimum absolute atomic E-state index is 0.0380. The van der Waals surface area contributed by atoms with E-state index in [0.717, 1.165) is 6.92 Å². The van der Waals surface area contributed by atoms with E-state index in [1.54, 1.807) is 69.3 Å². The molecule has 4 aliphatic rings. The minimum Gasteiger partial charge on any atom is -0.460 e. The van der Waals surface area contributed by atoms with Gasteiger partial charge in [-0.05, 0) is 76.2 Å². The van der Waals surface area contributed by atoms with Crippen LogP contribution < -0.4 is 5.32 Å². The Labute approximate surface area is 381 Å². The van der Waals surface area contributed by atoms with E-state index >= 15 is 4.79 Å². The number of ether oxygens (including phenoxy) is 5. The van der Waals surface area contributed by atoms with E-state index < -0.39 is 113 Å². The number of likely N-dealkylation sites (N-methyl/N-ethyl adjacent to an activating group) is 1. The summed E-state index contributed by atoms with van der Waals surface area (Å²) in [5.74, 6) is -7.12. The van der Waals surface area contributed by atoms with E-state index in [-0.39, 0.29) is 42.0 Å². The molecule has 19 heteroatoms. The molecule has 4 N–H and O–H groups in total. The lowest BCUT2D eigenvalue weighted by molar-refractivity contribution is -0.346. The van der Waals surface area contributed by atoms with E-state index in [4.69, 9.17) is 29.2 Å². The van der Waals surface area contributed by atoms with Gasteiger partial charge in [0.1, 0.15) is 36.1 Å². The van der Waals surface area contributed by atoms with Crippen LogP contribution in [0.2, 0.25) is 0 Å². The summed E-state index contributed by atoms with van der Waals surface area (Å²) in [4.78, 5) is 88.5. The third-order valence-electron chi connectivity index (χ3n) is 13.9. The largest absolute Gasteiger partial charge is 0.460 e. The lowest BCUT2D eigenvalue weighted by Gasteiger charge is -2.67. The molecular weight excluding hydrogens is 859 g/mol. The first kappa shape index (κ1) is 49.5. The summed E-state index contributed by atoms with van der Waals surface area (Å²) in [6.45, 7) is 9.63. The monoisotopic (exact) mass is 915 g/mol. The van der Waals surface area contributed by atoms with E-state index in [0.29, 0.717) is 11.1 Å². The van der Waals surface area contributed by atoms with Gasteiger partial charge in [-0.1, -0.05) is 67.5 Å². The number of esters is 4. The van der Waals surface area contributed by atoms with Gasteiger partial charge in [0.05, 0.1) is 36.1 Å². The summed E-state index contributed by atoms with van der Waals surface area (Å²) < 4.78 is 30.7. The molecule has 3 aliphatic carbocycles. The molecule has 66 heavy (non-hydrogen) atoms. The number of nitrogens with one attached hydrogen (secondary N) is 1. The summed E-state index contributed by atoms with van der Waals surface area (Å²) in [5.41, 5.74) is 1.48. The van der Waals surface area contributed by atoms with E-state index in [1.165, 1.54) is 52.0 Å². The zero-order valence-corrected chi connectivity index (χ0v) is 38.3. The number of aliphatic hydroxyl groups excluding tert-OH is 2. The van der Waals surface area contributed by atoms with Gasteiger partial charge in [-0.2, -0.15) is 0 Å². The highest BCUT2D eigenvalue weighted by atomic mass is 16.6. The summed E-state index contributed by atoms with van der Waals surface area (Å²) in [7, 11) is 3.26. The van der Waals surface area contributed by atoms with Gasteiger partial charge in [0.15, 0.2) is 17.5 Å². The van der Waals surface area contributed by atoms with Gasteiger partial charge in [-0.25, -0.2) is 9.59 Å². The maximum Gasteiger partial charge on any atom is 0.338 e. The van der Waals surface area contributed by atoms with Gasteiger partial charge in [0.2, 0.25) is 5.91 Å². The predicted octanol–water partition coefficient (Wildman–Crippen LogP) is 3.87. The molecule has 19 nitrogen and oxygen atoms in total. The second-order valence-electron chi connectivity index (χ2n) is 18.4. The zero-order valence-electron chi connectivity index (χ0n) is 38.3. The van der Waals surface area contributed by atoms with Gasteiger partial charge in [0, 0.05) is 41.4 Å².